The summed E-state index contributed by atoms with van der Waals surface area (Å²) in [6.07, 6.45) is 3.01. The van der Waals surface area contributed by atoms with Crippen LogP contribution in [0.4, 0.5) is 0 Å². The smallest absolute Gasteiger partial charge is 0.257 e. The molecular weight excluding hydrogens is 222 g/mol. The molecule has 2 rings (SSSR count). The highest BCUT2D eigenvalue weighted by Crippen LogP contribution is 2.14. The molecule has 0 saturated heterocycles. The van der Waals surface area contributed by atoms with E-state index in [1.54, 1.807) is 22.3 Å². The van der Waals surface area contributed by atoms with Crippen LogP contribution < -0.4 is 0 Å². The maximum Gasteiger partial charge on any atom is 0.257 e. The van der Waals surface area contributed by atoms with E-state index in [4.69, 9.17) is 4.42 Å². The van der Waals surface area contributed by atoms with Gasteiger partial charge in [-0.05, 0) is 24.4 Å². The van der Waals surface area contributed by atoms with Crippen molar-refractivity contribution in [2.45, 2.75) is 13.5 Å². The molecule has 0 radical (unpaired) electrons. The Labute approximate surface area is 98.3 Å². The predicted molar refractivity (Wildman–Crippen MR) is 63.4 cm³/mol. The van der Waals surface area contributed by atoms with E-state index in [1.807, 2.05) is 24.4 Å². The third-order valence-corrected chi connectivity index (χ3v) is 3.23. The lowest BCUT2D eigenvalue weighted by Gasteiger charge is -2.19. The maximum absolute atomic E-state index is 12.0. The van der Waals surface area contributed by atoms with E-state index >= 15 is 0 Å². The average molecular weight is 235 g/mol. The number of furan rings is 1. The van der Waals surface area contributed by atoms with Crippen molar-refractivity contribution in [3.63, 3.8) is 0 Å². The first-order valence-corrected chi connectivity index (χ1v) is 6.03. The van der Waals surface area contributed by atoms with Crippen LogP contribution in [0.25, 0.3) is 0 Å². The largest absolute Gasteiger partial charge is 0.472 e. The van der Waals surface area contributed by atoms with Gasteiger partial charge < -0.3 is 9.32 Å². The second-order valence-electron chi connectivity index (χ2n) is 3.41. The van der Waals surface area contributed by atoms with Crippen LogP contribution in [0.1, 0.15) is 22.2 Å². The molecule has 2 aromatic heterocycles. The molecule has 0 aliphatic rings. The number of carbonyl (C=O) groups excluding carboxylic acids is 1. The SMILES string of the molecule is CCN(Cc1cccs1)C(=O)c1ccoc1. The summed E-state index contributed by atoms with van der Waals surface area (Å²) in [6, 6.07) is 5.73. The molecule has 3 nitrogen and oxygen atoms in total. The van der Waals surface area contributed by atoms with E-state index in [2.05, 4.69) is 0 Å². The van der Waals surface area contributed by atoms with Crippen molar-refractivity contribution in [3.8, 4) is 0 Å². The second-order valence-corrected chi connectivity index (χ2v) is 4.44. The van der Waals surface area contributed by atoms with Gasteiger partial charge in [0.2, 0.25) is 0 Å². The second kappa shape index (κ2) is 4.99. The van der Waals surface area contributed by atoms with Gasteiger partial charge in [-0.15, -0.1) is 11.3 Å². The Balaban J connectivity index is 2.08. The van der Waals surface area contributed by atoms with E-state index in [9.17, 15) is 4.79 Å². The van der Waals surface area contributed by atoms with Crippen LogP contribution in [0.15, 0.2) is 40.5 Å². The summed E-state index contributed by atoms with van der Waals surface area (Å²) in [7, 11) is 0. The third kappa shape index (κ3) is 2.33. The van der Waals surface area contributed by atoms with Gasteiger partial charge >= 0.3 is 0 Å². The fraction of sp³-hybridized carbons (Fsp3) is 0.250. The number of hydrogen-bond acceptors (Lipinski definition) is 3. The number of amides is 1. The minimum atomic E-state index is 0.0182. The van der Waals surface area contributed by atoms with E-state index in [1.165, 1.54) is 17.4 Å². The van der Waals surface area contributed by atoms with Crippen LogP contribution in [0.5, 0.6) is 0 Å². The predicted octanol–water partition coefficient (Wildman–Crippen LogP) is 3.00. The molecule has 2 aromatic rings. The van der Waals surface area contributed by atoms with Crippen LogP contribution in [-0.4, -0.2) is 17.4 Å². The molecule has 84 valence electrons. The first-order valence-electron chi connectivity index (χ1n) is 5.15. The van der Waals surface area contributed by atoms with Crippen molar-refractivity contribution < 1.29 is 9.21 Å². The molecule has 16 heavy (non-hydrogen) atoms. The molecule has 0 atom stereocenters. The summed E-state index contributed by atoms with van der Waals surface area (Å²) in [6.45, 7) is 3.34. The zero-order valence-corrected chi connectivity index (χ0v) is 9.87. The zero-order chi connectivity index (χ0) is 11.4. The van der Waals surface area contributed by atoms with Crippen LogP contribution in [0.2, 0.25) is 0 Å². The Morgan fingerprint density at radius 1 is 1.50 bits per heavy atom. The van der Waals surface area contributed by atoms with Crippen molar-refractivity contribution >= 4 is 17.2 Å². The first-order chi connectivity index (χ1) is 7.81. The molecule has 0 aliphatic heterocycles. The molecule has 1 amide bonds. The van der Waals surface area contributed by atoms with Crippen molar-refractivity contribution in [2.75, 3.05) is 6.54 Å². The number of nitrogens with zero attached hydrogens (tertiary/aromatic N) is 1. The molecule has 2 heterocycles. The molecule has 0 fully saturated rings. The summed E-state index contributed by atoms with van der Waals surface area (Å²) < 4.78 is 4.92. The molecule has 0 saturated carbocycles. The van der Waals surface area contributed by atoms with Gasteiger partial charge in [-0.1, -0.05) is 6.07 Å². The Morgan fingerprint density at radius 3 is 2.94 bits per heavy atom. The molecule has 0 aromatic carbocycles. The number of carbonyl (C=O) groups is 1. The lowest BCUT2D eigenvalue weighted by molar-refractivity contribution is 0.0753. The summed E-state index contributed by atoms with van der Waals surface area (Å²) >= 11 is 1.66. The van der Waals surface area contributed by atoms with Crippen LogP contribution >= 0.6 is 11.3 Å². The lowest BCUT2D eigenvalue weighted by Crippen LogP contribution is -2.29. The van der Waals surface area contributed by atoms with Crippen LogP contribution in [0, 0.1) is 0 Å². The Kier molecular flexibility index (Phi) is 3.41. The third-order valence-electron chi connectivity index (χ3n) is 2.36. The highest BCUT2D eigenvalue weighted by molar-refractivity contribution is 7.09. The summed E-state index contributed by atoms with van der Waals surface area (Å²) in [5.74, 6) is 0.0182. The normalized spacial score (nSPS) is 10.3. The average Bonchev–Trinajstić information content (AvgIpc) is 2.97. The fourth-order valence-corrected chi connectivity index (χ4v) is 2.21. The van der Waals surface area contributed by atoms with E-state index in [-0.39, 0.29) is 5.91 Å². The van der Waals surface area contributed by atoms with Gasteiger partial charge in [0.1, 0.15) is 6.26 Å². The summed E-state index contributed by atoms with van der Waals surface area (Å²) in [5, 5.41) is 2.02. The van der Waals surface area contributed by atoms with E-state index < -0.39 is 0 Å². The van der Waals surface area contributed by atoms with Crippen LogP contribution in [-0.2, 0) is 6.54 Å². The quantitative estimate of drug-likeness (QED) is 0.816. The van der Waals surface area contributed by atoms with E-state index in [0.29, 0.717) is 18.7 Å². The number of thiophene rings is 1. The lowest BCUT2D eigenvalue weighted by atomic mass is 10.3. The highest BCUT2D eigenvalue weighted by atomic mass is 32.1. The number of hydrogen-bond donors (Lipinski definition) is 0. The number of rotatable bonds is 4. The summed E-state index contributed by atoms with van der Waals surface area (Å²) in [5.41, 5.74) is 0.610. The summed E-state index contributed by atoms with van der Waals surface area (Å²) in [4.78, 5) is 15.0. The van der Waals surface area contributed by atoms with Crippen molar-refractivity contribution in [1.29, 1.82) is 0 Å². The van der Waals surface area contributed by atoms with Gasteiger partial charge in [-0.25, -0.2) is 0 Å². The molecule has 0 unspecified atom stereocenters. The van der Waals surface area contributed by atoms with Crippen molar-refractivity contribution in [3.05, 3.63) is 46.5 Å². The molecule has 0 spiro atoms. The Morgan fingerprint density at radius 2 is 2.38 bits per heavy atom. The maximum atomic E-state index is 12.0. The van der Waals surface area contributed by atoms with Gasteiger partial charge in [0.05, 0.1) is 18.4 Å². The minimum Gasteiger partial charge on any atom is -0.472 e. The van der Waals surface area contributed by atoms with Gasteiger partial charge in [-0.2, -0.15) is 0 Å². The van der Waals surface area contributed by atoms with Crippen molar-refractivity contribution in [2.24, 2.45) is 0 Å². The van der Waals surface area contributed by atoms with Gasteiger partial charge in [0.25, 0.3) is 5.91 Å². The molecule has 0 bridgehead atoms. The first kappa shape index (κ1) is 11.0. The zero-order valence-electron chi connectivity index (χ0n) is 9.05. The molecule has 0 aliphatic carbocycles. The van der Waals surface area contributed by atoms with Crippen LogP contribution in [0.3, 0.4) is 0 Å². The minimum absolute atomic E-state index is 0.0182. The highest BCUT2D eigenvalue weighted by Gasteiger charge is 2.15. The Hall–Kier alpha value is -1.55. The molecular formula is C12H13NO2S. The van der Waals surface area contributed by atoms with Crippen molar-refractivity contribution in [1.82, 2.24) is 4.90 Å². The van der Waals surface area contributed by atoms with E-state index in [0.717, 1.165) is 0 Å². The van der Waals surface area contributed by atoms with Gasteiger partial charge in [0, 0.05) is 11.4 Å². The Bertz CT molecular complexity index is 434. The standard InChI is InChI=1S/C12H13NO2S/c1-2-13(8-11-4-3-7-16-11)12(14)10-5-6-15-9-10/h3-7,9H,2,8H2,1H3. The molecule has 4 heteroatoms. The molecule has 0 N–H and O–H groups in total. The van der Waals surface area contributed by atoms with Gasteiger partial charge in [-0.3, -0.25) is 4.79 Å². The fourth-order valence-electron chi connectivity index (χ4n) is 1.49. The van der Waals surface area contributed by atoms with Gasteiger partial charge in [0.15, 0.2) is 0 Å². The topological polar surface area (TPSA) is 33.5 Å². The monoisotopic (exact) mass is 235 g/mol.